The van der Waals surface area contributed by atoms with Crippen LogP contribution in [0.25, 0.3) is 21.9 Å². The SMILES string of the molecule is COc1cccc(-c2ccc(CNC(=O)C3CC3c3ccccc3)c3cnccc23)c1. The molecule has 1 aliphatic carbocycles. The number of methoxy groups -OCH3 is 1. The molecule has 0 bridgehead atoms. The lowest BCUT2D eigenvalue weighted by Crippen LogP contribution is -2.25. The number of hydrogen-bond acceptors (Lipinski definition) is 3. The molecule has 4 aromatic rings. The fraction of sp³-hybridized carbons (Fsp3) is 0.185. The monoisotopic (exact) mass is 408 g/mol. The van der Waals surface area contributed by atoms with Crippen LogP contribution in [0.15, 0.2) is 85.2 Å². The van der Waals surface area contributed by atoms with Crippen molar-refractivity contribution in [2.45, 2.75) is 18.9 Å². The van der Waals surface area contributed by atoms with Gasteiger partial charge in [-0.05, 0) is 58.2 Å². The molecule has 2 unspecified atom stereocenters. The van der Waals surface area contributed by atoms with Crippen LogP contribution >= 0.6 is 0 Å². The summed E-state index contributed by atoms with van der Waals surface area (Å²) in [4.78, 5) is 17.0. The second kappa shape index (κ2) is 8.23. The largest absolute Gasteiger partial charge is 0.497 e. The Balaban J connectivity index is 1.36. The van der Waals surface area contributed by atoms with Gasteiger partial charge in [-0.1, -0.05) is 54.6 Å². The highest BCUT2D eigenvalue weighted by Crippen LogP contribution is 2.47. The average molecular weight is 409 g/mol. The van der Waals surface area contributed by atoms with Crippen molar-refractivity contribution in [2.75, 3.05) is 7.11 Å². The summed E-state index contributed by atoms with van der Waals surface area (Å²) in [6, 6.07) is 24.6. The number of carbonyl (C=O) groups is 1. The Morgan fingerprint density at radius 1 is 1.03 bits per heavy atom. The third-order valence-corrected chi connectivity index (χ3v) is 6.10. The lowest BCUT2D eigenvalue weighted by atomic mass is 9.96. The highest BCUT2D eigenvalue weighted by atomic mass is 16.5. The van der Waals surface area contributed by atoms with E-state index >= 15 is 0 Å². The van der Waals surface area contributed by atoms with E-state index in [9.17, 15) is 4.79 Å². The Bertz CT molecular complexity index is 1240. The van der Waals surface area contributed by atoms with Crippen molar-refractivity contribution >= 4 is 16.7 Å². The molecule has 3 aromatic carbocycles. The smallest absolute Gasteiger partial charge is 0.224 e. The molecule has 4 nitrogen and oxygen atoms in total. The van der Waals surface area contributed by atoms with Crippen LogP contribution in [0.2, 0.25) is 0 Å². The van der Waals surface area contributed by atoms with E-state index in [0.717, 1.165) is 39.6 Å². The number of pyridine rings is 1. The van der Waals surface area contributed by atoms with Gasteiger partial charge in [0.15, 0.2) is 0 Å². The van der Waals surface area contributed by atoms with E-state index in [1.807, 2.05) is 54.9 Å². The Morgan fingerprint density at radius 2 is 1.90 bits per heavy atom. The molecule has 1 amide bonds. The van der Waals surface area contributed by atoms with Crippen molar-refractivity contribution in [1.82, 2.24) is 10.3 Å². The van der Waals surface area contributed by atoms with E-state index in [1.165, 1.54) is 5.56 Å². The van der Waals surface area contributed by atoms with Crippen LogP contribution in [0.3, 0.4) is 0 Å². The molecular formula is C27H24N2O2. The Labute approximate surface area is 181 Å². The van der Waals surface area contributed by atoms with E-state index < -0.39 is 0 Å². The summed E-state index contributed by atoms with van der Waals surface area (Å²) < 4.78 is 5.39. The quantitative estimate of drug-likeness (QED) is 0.469. The molecule has 0 spiro atoms. The predicted molar refractivity (Wildman–Crippen MR) is 123 cm³/mol. The third-order valence-electron chi connectivity index (χ3n) is 6.10. The summed E-state index contributed by atoms with van der Waals surface area (Å²) in [5.74, 6) is 1.37. The second-order valence-electron chi connectivity index (χ2n) is 8.00. The number of carbonyl (C=O) groups excluding carboxylic acids is 1. The number of hydrogen-bond donors (Lipinski definition) is 1. The van der Waals surface area contributed by atoms with Crippen LogP contribution < -0.4 is 10.1 Å². The van der Waals surface area contributed by atoms with Crippen LogP contribution in [0.4, 0.5) is 0 Å². The molecule has 1 fully saturated rings. The Morgan fingerprint density at radius 3 is 2.74 bits per heavy atom. The zero-order valence-electron chi connectivity index (χ0n) is 17.4. The molecule has 154 valence electrons. The maximum absolute atomic E-state index is 12.7. The number of nitrogens with one attached hydrogen (secondary N) is 1. The fourth-order valence-corrected chi connectivity index (χ4v) is 4.31. The molecule has 1 heterocycles. The van der Waals surface area contributed by atoms with Crippen molar-refractivity contribution < 1.29 is 9.53 Å². The van der Waals surface area contributed by atoms with Gasteiger partial charge in [-0.15, -0.1) is 0 Å². The predicted octanol–water partition coefficient (Wildman–Crippen LogP) is 5.33. The van der Waals surface area contributed by atoms with Crippen molar-refractivity contribution in [1.29, 1.82) is 0 Å². The van der Waals surface area contributed by atoms with Gasteiger partial charge in [0.25, 0.3) is 0 Å². The fourth-order valence-electron chi connectivity index (χ4n) is 4.31. The minimum absolute atomic E-state index is 0.0721. The zero-order valence-corrected chi connectivity index (χ0v) is 17.4. The molecule has 0 radical (unpaired) electrons. The summed E-state index contributed by atoms with van der Waals surface area (Å²) in [7, 11) is 1.68. The lowest BCUT2D eigenvalue weighted by Gasteiger charge is -2.13. The molecular weight excluding hydrogens is 384 g/mol. The van der Waals surface area contributed by atoms with E-state index in [0.29, 0.717) is 12.5 Å². The first-order valence-electron chi connectivity index (χ1n) is 10.6. The summed E-state index contributed by atoms with van der Waals surface area (Å²) in [5, 5.41) is 5.31. The molecule has 1 N–H and O–H groups in total. The van der Waals surface area contributed by atoms with Gasteiger partial charge in [0.1, 0.15) is 5.75 Å². The Kier molecular flexibility index (Phi) is 5.13. The third kappa shape index (κ3) is 3.89. The van der Waals surface area contributed by atoms with Gasteiger partial charge in [-0.25, -0.2) is 0 Å². The highest BCUT2D eigenvalue weighted by molar-refractivity contribution is 5.98. The number of benzene rings is 3. The average Bonchev–Trinajstić information content (AvgIpc) is 3.64. The molecule has 2 atom stereocenters. The Hall–Kier alpha value is -3.66. The number of rotatable bonds is 6. The summed E-state index contributed by atoms with van der Waals surface area (Å²) in [6.07, 6.45) is 4.61. The first-order chi connectivity index (χ1) is 15.2. The second-order valence-corrected chi connectivity index (χ2v) is 8.00. The van der Waals surface area contributed by atoms with Crippen LogP contribution in [-0.4, -0.2) is 18.0 Å². The number of ether oxygens (including phenoxy) is 1. The van der Waals surface area contributed by atoms with Crippen LogP contribution in [0.1, 0.15) is 23.5 Å². The van der Waals surface area contributed by atoms with Gasteiger partial charge in [0, 0.05) is 30.2 Å². The molecule has 1 aromatic heterocycles. The van der Waals surface area contributed by atoms with Gasteiger partial charge >= 0.3 is 0 Å². The van der Waals surface area contributed by atoms with Crippen molar-refractivity contribution in [3.05, 3.63) is 96.3 Å². The van der Waals surface area contributed by atoms with Crippen LogP contribution in [-0.2, 0) is 11.3 Å². The standard InChI is InChI=1S/C27H24N2O2/c1-31-21-9-5-8-19(14-21)22-11-10-20(26-17-28-13-12-23(22)26)16-29-27(30)25-15-24(25)18-6-3-2-4-7-18/h2-14,17,24-25H,15-16H2,1H3,(H,29,30). The maximum atomic E-state index is 12.7. The number of amides is 1. The minimum atomic E-state index is 0.0721. The first-order valence-corrected chi connectivity index (χ1v) is 10.6. The first kappa shape index (κ1) is 19.3. The number of fused-ring (bicyclic) bond motifs is 1. The minimum Gasteiger partial charge on any atom is -0.497 e. The van der Waals surface area contributed by atoms with Gasteiger partial charge in [0.05, 0.1) is 7.11 Å². The molecule has 0 aliphatic heterocycles. The normalized spacial score (nSPS) is 17.3. The number of aromatic nitrogens is 1. The summed E-state index contributed by atoms with van der Waals surface area (Å²) >= 11 is 0. The molecule has 31 heavy (non-hydrogen) atoms. The maximum Gasteiger partial charge on any atom is 0.224 e. The van der Waals surface area contributed by atoms with E-state index in [2.05, 4.69) is 40.6 Å². The van der Waals surface area contributed by atoms with Gasteiger partial charge in [0.2, 0.25) is 5.91 Å². The van der Waals surface area contributed by atoms with E-state index in [4.69, 9.17) is 4.74 Å². The van der Waals surface area contributed by atoms with E-state index in [-0.39, 0.29) is 11.8 Å². The molecule has 1 saturated carbocycles. The number of nitrogens with zero attached hydrogens (tertiary/aromatic N) is 1. The highest BCUT2D eigenvalue weighted by Gasteiger charge is 2.43. The van der Waals surface area contributed by atoms with Gasteiger partial charge in [-0.2, -0.15) is 0 Å². The van der Waals surface area contributed by atoms with Crippen molar-refractivity contribution in [2.24, 2.45) is 5.92 Å². The molecule has 0 saturated heterocycles. The van der Waals surface area contributed by atoms with Crippen molar-refractivity contribution in [3.63, 3.8) is 0 Å². The van der Waals surface area contributed by atoms with E-state index in [1.54, 1.807) is 7.11 Å². The van der Waals surface area contributed by atoms with Gasteiger partial charge < -0.3 is 10.1 Å². The molecule has 5 rings (SSSR count). The topological polar surface area (TPSA) is 51.2 Å². The zero-order chi connectivity index (χ0) is 21.2. The van der Waals surface area contributed by atoms with Gasteiger partial charge in [-0.3, -0.25) is 9.78 Å². The molecule has 4 heteroatoms. The molecule has 1 aliphatic rings. The lowest BCUT2D eigenvalue weighted by molar-refractivity contribution is -0.122. The van der Waals surface area contributed by atoms with Crippen molar-refractivity contribution in [3.8, 4) is 16.9 Å². The summed E-state index contributed by atoms with van der Waals surface area (Å²) in [6.45, 7) is 0.497. The summed E-state index contributed by atoms with van der Waals surface area (Å²) in [5.41, 5.74) is 4.53. The van der Waals surface area contributed by atoms with Crippen LogP contribution in [0, 0.1) is 5.92 Å². The van der Waals surface area contributed by atoms with Crippen LogP contribution in [0.5, 0.6) is 5.75 Å².